The zero-order valence-corrected chi connectivity index (χ0v) is 42.1. The Morgan fingerprint density at radius 3 is 2.49 bits per heavy atom. The highest BCUT2D eigenvalue weighted by molar-refractivity contribution is 7.22. The number of carbonyl (C=O) groups excluding carboxylic acids is 4. The number of alkyl halides is 2. The Bertz CT molecular complexity index is 3280. The smallest absolute Gasteiger partial charge is 0.293 e. The van der Waals surface area contributed by atoms with Crippen LogP contribution in [0.15, 0.2) is 91.0 Å². The molecule has 20 heteroatoms. The number of ether oxygens (including phenoxy) is 1. The van der Waals surface area contributed by atoms with E-state index in [-0.39, 0.29) is 60.1 Å². The molecule has 5 N–H and O–H groups in total. The first-order valence-electron chi connectivity index (χ1n) is 24.6. The second-order valence-corrected chi connectivity index (χ2v) is 20.5. The lowest BCUT2D eigenvalue weighted by atomic mass is 9.93. The number of fused-ring (bicyclic) bond motifs is 3. The van der Waals surface area contributed by atoms with Gasteiger partial charge in [-0.3, -0.25) is 44.3 Å². The molecular weight excluding hydrogens is 971 g/mol. The highest BCUT2D eigenvalue weighted by Crippen LogP contribution is 2.37. The molecule has 2 saturated heterocycles. The van der Waals surface area contributed by atoms with Crippen LogP contribution in [0.1, 0.15) is 77.3 Å². The number of hydrogen-bond acceptors (Lipinski definition) is 14. The van der Waals surface area contributed by atoms with Gasteiger partial charge in [-0.25, -0.2) is 18.7 Å². The molecule has 3 unspecified atom stereocenters. The number of benzene rings is 4. The number of aromatic nitrogens is 4. The van der Waals surface area contributed by atoms with Gasteiger partial charge in [-0.05, 0) is 110 Å². The number of aliphatic hydroxyl groups excluding tert-OH is 1. The van der Waals surface area contributed by atoms with E-state index in [9.17, 15) is 29.4 Å². The van der Waals surface area contributed by atoms with Gasteiger partial charge in [-0.15, -0.1) is 0 Å². The predicted molar refractivity (Wildman–Crippen MR) is 277 cm³/mol. The van der Waals surface area contributed by atoms with Gasteiger partial charge in [0, 0.05) is 73.9 Å². The third-order valence-corrected chi connectivity index (χ3v) is 15.2. The average molecular weight is 1030 g/mol. The number of carbonyl (C=O) groups is 4. The van der Waals surface area contributed by atoms with Crippen molar-refractivity contribution in [2.75, 3.05) is 54.9 Å². The fourth-order valence-electron chi connectivity index (χ4n) is 10.6. The number of halogens is 2. The van der Waals surface area contributed by atoms with Gasteiger partial charge in [0.25, 0.3) is 11.8 Å². The molecule has 4 aromatic carbocycles. The van der Waals surface area contributed by atoms with Crippen LogP contribution in [-0.2, 0) is 34.4 Å². The molecule has 17 nitrogen and oxygen atoms in total. The Labute approximate surface area is 429 Å². The average Bonchev–Trinajstić information content (AvgIpc) is 3.93. The van der Waals surface area contributed by atoms with Crippen LogP contribution in [0, 0.1) is 6.92 Å². The largest absolute Gasteiger partial charge is 0.487 e. The van der Waals surface area contributed by atoms with Crippen LogP contribution in [0.25, 0.3) is 32.2 Å². The van der Waals surface area contributed by atoms with E-state index < -0.39 is 31.3 Å². The molecule has 3 aliphatic heterocycles. The van der Waals surface area contributed by atoms with E-state index in [1.165, 1.54) is 11.3 Å². The van der Waals surface area contributed by atoms with Crippen molar-refractivity contribution in [3.8, 4) is 16.9 Å². The molecular formula is C54H56F2N10O7S. The highest BCUT2D eigenvalue weighted by atomic mass is 32.1. The van der Waals surface area contributed by atoms with Crippen LogP contribution in [0.3, 0.4) is 0 Å². The number of nitrogens with one attached hydrogen (secondary N) is 3. The third-order valence-electron chi connectivity index (χ3n) is 14.2. The normalized spacial score (nSPS) is 18.7. The molecule has 10 rings (SSSR count). The molecule has 7 aromatic rings. The van der Waals surface area contributed by atoms with Gasteiger partial charge < -0.3 is 25.2 Å². The molecule has 0 aliphatic carbocycles. The van der Waals surface area contributed by atoms with Gasteiger partial charge in [0.2, 0.25) is 17.7 Å². The number of piperazine rings is 1. The number of aryl methyl sites for hydroxylation is 1. The molecule has 3 atom stereocenters. The fourth-order valence-corrected chi connectivity index (χ4v) is 11.5. The molecule has 0 saturated carbocycles. The van der Waals surface area contributed by atoms with Crippen LogP contribution in [0.4, 0.5) is 25.4 Å². The second kappa shape index (κ2) is 20.6. The zero-order chi connectivity index (χ0) is 52.0. The van der Waals surface area contributed by atoms with Crippen molar-refractivity contribution in [3.05, 3.63) is 125 Å². The maximum Gasteiger partial charge on any atom is 0.293 e. The summed E-state index contributed by atoms with van der Waals surface area (Å²) >= 11 is 1.40. The minimum Gasteiger partial charge on any atom is -0.487 e. The summed E-state index contributed by atoms with van der Waals surface area (Å²) in [7, 11) is 1.75. The Kier molecular flexibility index (Phi) is 14.0. The van der Waals surface area contributed by atoms with Gasteiger partial charge in [0.1, 0.15) is 17.3 Å². The lowest BCUT2D eigenvalue weighted by molar-refractivity contribution is -0.134. The molecule has 384 valence electrons. The predicted octanol–water partition coefficient (Wildman–Crippen LogP) is 6.92. The first kappa shape index (κ1) is 50.3. The molecule has 0 spiro atoms. The quantitative estimate of drug-likeness (QED) is 0.0555. The first-order valence-corrected chi connectivity index (χ1v) is 25.4. The minimum atomic E-state index is -3.25. The Balaban J connectivity index is 0.751. The highest BCUT2D eigenvalue weighted by Gasteiger charge is 2.39. The lowest BCUT2D eigenvalue weighted by Gasteiger charge is -2.44. The van der Waals surface area contributed by atoms with Gasteiger partial charge in [-0.1, -0.05) is 47.7 Å². The summed E-state index contributed by atoms with van der Waals surface area (Å²) in [6.45, 7) is 5.63. The van der Waals surface area contributed by atoms with Crippen molar-refractivity contribution in [3.63, 3.8) is 0 Å². The van der Waals surface area contributed by atoms with Crippen molar-refractivity contribution >= 4 is 72.7 Å². The molecule has 74 heavy (non-hydrogen) atoms. The van der Waals surface area contributed by atoms with Crippen molar-refractivity contribution in [1.29, 1.82) is 0 Å². The molecule has 2 fully saturated rings. The van der Waals surface area contributed by atoms with Crippen LogP contribution in [0.2, 0.25) is 0 Å². The van der Waals surface area contributed by atoms with Crippen molar-refractivity contribution < 1.29 is 42.9 Å². The van der Waals surface area contributed by atoms with E-state index in [0.29, 0.717) is 89.1 Å². The Morgan fingerprint density at radius 1 is 0.932 bits per heavy atom. The van der Waals surface area contributed by atoms with Crippen LogP contribution >= 0.6 is 11.3 Å². The van der Waals surface area contributed by atoms with Gasteiger partial charge in [0.05, 0.1) is 40.4 Å². The Hall–Kier alpha value is -7.23. The number of nitrogens with zero attached hydrogens (tertiary/aromatic N) is 7. The van der Waals surface area contributed by atoms with E-state index in [1.54, 1.807) is 78.2 Å². The van der Waals surface area contributed by atoms with Crippen molar-refractivity contribution in [2.24, 2.45) is 7.05 Å². The second-order valence-electron chi connectivity index (χ2n) is 19.5. The minimum absolute atomic E-state index is 0.0195. The van der Waals surface area contributed by atoms with Gasteiger partial charge in [0.15, 0.2) is 18.0 Å². The standard InChI is InChI=1S/C54H56F2N10O7S/c1-30-24-64(25-31(2)66(30)27-47(68)57-34-15-16-38-42(23-34)63(4)62-48(38)39-18-20-46(67)60-51(39)70)28-54(55,56)29-73-43-13-8-10-35(32(43)3)36-17-19-45(59-49(36)52(71)72)65-22-21-33-9-7-11-37(40(33)26-65)50(69)61-53-58-41-12-5-6-14-44(41)74-53/h5-17,19,23,30-31,39,52,71-72H,18,20-22,24-29H2,1-4H3,(H,57,68)(H,58,61,69)(H,60,67,70). The summed E-state index contributed by atoms with van der Waals surface area (Å²) in [4.78, 5) is 66.3. The van der Waals surface area contributed by atoms with E-state index in [1.807, 2.05) is 60.0 Å². The number of para-hydroxylation sites is 1. The van der Waals surface area contributed by atoms with E-state index in [2.05, 4.69) is 26.0 Å². The van der Waals surface area contributed by atoms with Crippen LogP contribution in [0.5, 0.6) is 5.75 Å². The van der Waals surface area contributed by atoms with Crippen LogP contribution in [-0.4, -0.2) is 121 Å². The number of hydrogen-bond donors (Lipinski definition) is 5. The van der Waals surface area contributed by atoms with Crippen molar-refractivity contribution in [2.45, 2.75) is 76.8 Å². The summed E-state index contributed by atoms with van der Waals surface area (Å²) in [5.41, 5.74) is 6.44. The summed E-state index contributed by atoms with van der Waals surface area (Å²) in [6.07, 6.45) is -0.736. The number of rotatable bonds is 14. The van der Waals surface area contributed by atoms with Crippen LogP contribution < -0.4 is 25.6 Å². The monoisotopic (exact) mass is 1030 g/mol. The number of thiazole rings is 1. The molecule has 0 bridgehead atoms. The zero-order valence-electron chi connectivity index (χ0n) is 41.3. The fraction of sp³-hybridized carbons (Fsp3) is 0.352. The van der Waals surface area contributed by atoms with E-state index in [4.69, 9.17) is 9.72 Å². The number of pyridine rings is 1. The lowest BCUT2D eigenvalue weighted by Crippen LogP contribution is -2.60. The maximum atomic E-state index is 15.8. The third kappa shape index (κ3) is 10.4. The van der Waals surface area contributed by atoms with E-state index >= 15 is 8.78 Å². The Morgan fingerprint density at radius 2 is 1.72 bits per heavy atom. The van der Waals surface area contributed by atoms with Gasteiger partial charge in [-0.2, -0.15) is 5.10 Å². The van der Waals surface area contributed by atoms with Gasteiger partial charge >= 0.3 is 0 Å². The van der Waals surface area contributed by atoms with Crippen molar-refractivity contribution in [1.82, 2.24) is 34.9 Å². The number of anilines is 3. The number of piperidine rings is 1. The number of imide groups is 1. The first-order chi connectivity index (χ1) is 35.5. The summed E-state index contributed by atoms with van der Waals surface area (Å²) in [6, 6.07) is 26.7. The molecule has 3 aliphatic rings. The summed E-state index contributed by atoms with van der Waals surface area (Å²) < 4.78 is 40.1. The summed E-state index contributed by atoms with van der Waals surface area (Å²) in [5.74, 6) is -4.33. The number of amides is 4. The number of aliphatic hydroxyl groups is 2. The molecule has 0 radical (unpaired) electrons. The summed E-state index contributed by atoms with van der Waals surface area (Å²) in [5, 5.41) is 35.5. The van der Waals surface area contributed by atoms with E-state index in [0.717, 1.165) is 26.7 Å². The molecule has 3 aromatic heterocycles. The maximum absolute atomic E-state index is 15.8. The topological polar surface area (TPSA) is 207 Å². The SMILES string of the molecule is Cc1c(OCC(F)(F)CN2CC(C)N(CC(=O)Nc3ccc4c(C5CCC(=O)NC5=O)nn(C)c4c3)C(C)C2)cccc1-c1ccc(N2CCc3cccc(C(=O)Nc4nc5ccccc5s4)c3C2)nc1C(O)O. The molecule has 6 heterocycles. The molecule has 4 amide bonds.